The van der Waals surface area contributed by atoms with E-state index in [4.69, 9.17) is 18.9 Å². The van der Waals surface area contributed by atoms with Crippen LogP contribution in [-0.4, -0.2) is 32.2 Å². The van der Waals surface area contributed by atoms with Gasteiger partial charge in [-0.15, -0.1) is 0 Å². The Morgan fingerprint density at radius 2 is 1.24 bits per heavy atom. The van der Waals surface area contributed by atoms with Crippen molar-refractivity contribution in [1.82, 2.24) is 0 Å². The summed E-state index contributed by atoms with van der Waals surface area (Å²) in [6.07, 6.45) is 1.64. The third-order valence-corrected chi connectivity index (χ3v) is 9.08. The molecule has 5 heteroatoms. The molecule has 0 saturated carbocycles. The summed E-state index contributed by atoms with van der Waals surface area (Å²) in [6.45, 7) is 28.0. The second kappa shape index (κ2) is 13.3. The second-order valence-corrected chi connectivity index (χ2v) is 15.0. The minimum atomic E-state index is -0.351. The molecule has 5 nitrogen and oxygen atoms in total. The van der Waals surface area contributed by atoms with E-state index in [1.54, 1.807) is 20.3 Å². The first-order chi connectivity index (χ1) is 18.8. The summed E-state index contributed by atoms with van der Waals surface area (Å²) in [5.74, 6) is 2.63. The summed E-state index contributed by atoms with van der Waals surface area (Å²) in [7, 11) is 3.31. The number of ether oxygens (including phenoxy) is 4. The molecular weight excluding hydrogens is 512 g/mol. The van der Waals surface area contributed by atoms with Crippen molar-refractivity contribution in [2.24, 2.45) is 21.7 Å². The normalized spacial score (nSPS) is 15.3. The van der Waals surface area contributed by atoms with Crippen molar-refractivity contribution in [2.75, 3.05) is 20.8 Å². The Balaban J connectivity index is 2.56. The van der Waals surface area contributed by atoms with Crippen molar-refractivity contribution in [3.63, 3.8) is 0 Å². The molecule has 2 aromatic carbocycles. The summed E-state index contributed by atoms with van der Waals surface area (Å²) < 4.78 is 22.9. The summed E-state index contributed by atoms with van der Waals surface area (Å²) in [5, 5.41) is 10.3. The highest BCUT2D eigenvalue weighted by Crippen LogP contribution is 2.58. The summed E-state index contributed by atoms with van der Waals surface area (Å²) in [6, 6.07) is 12.2. The molecule has 0 spiro atoms. The van der Waals surface area contributed by atoms with E-state index < -0.39 is 0 Å². The molecule has 3 atom stereocenters. The fraction of sp³-hybridized carbons (Fsp3) is 0.667. The standard InChI is InChI=1S/C36H58O5/c1-15-40-24(2)41-30-19-17-25(21-32(30)39-14)27(34(6,7)8)23-35(9,10)36(11,12)28(22-33(3,4)5)26-16-18-29(37)31(20-26)38-13/h16-21,24,27-28,37H,15,22-23H2,1-14H3/t24?,27-,28+/m1/s1. The number of phenols is 1. The molecule has 2 rings (SSSR count). The van der Waals surface area contributed by atoms with Crippen molar-refractivity contribution in [2.45, 2.75) is 114 Å². The fourth-order valence-electron chi connectivity index (χ4n) is 5.93. The zero-order chi connectivity index (χ0) is 31.4. The van der Waals surface area contributed by atoms with Crippen molar-refractivity contribution in [3.8, 4) is 23.0 Å². The van der Waals surface area contributed by atoms with Gasteiger partial charge in [0.15, 0.2) is 29.3 Å². The molecule has 0 radical (unpaired) electrons. The van der Waals surface area contributed by atoms with Gasteiger partial charge in [-0.3, -0.25) is 0 Å². The Hall–Kier alpha value is -2.40. The van der Waals surface area contributed by atoms with Crippen LogP contribution in [0.25, 0.3) is 0 Å². The smallest absolute Gasteiger partial charge is 0.197 e. The van der Waals surface area contributed by atoms with E-state index in [2.05, 4.69) is 87.4 Å². The first kappa shape index (κ1) is 34.8. The Morgan fingerprint density at radius 3 is 1.76 bits per heavy atom. The third-order valence-electron chi connectivity index (χ3n) is 9.08. The molecule has 41 heavy (non-hydrogen) atoms. The Morgan fingerprint density at radius 1 is 0.707 bits per heavy atom. The molecule has 1 unspecified atom stereocenters. The molecule has 0 aliphatic rings. The average molecular weight is 571 g/mol. The van der Waals surface area contributed by atoms with Gasteiger partial charge in [0.25, 0.3) is 0 Å². The molecule has 232 valence electrons. The van der Waals surface area contributed by atoms with Crippen LogP contribution in [0.3, 0.4) is 0 Å². The zero-order valence-corrected chi connectivity index (χ0v) is 28.4. The maximum atomic E-state index is 10.3. The van der Waals surface area contributed by atoms with Crippen LogP contribution in [0, 0.1) is 21.7 Å². The molecule has 0 heterocycles. The van der Waals surface area contributed by atoms with E-state index in [-0.39, 0.29) is 45.5 Å². The van der Waals surface area contributed by atoms with Crippen LogP contribution in [-0.2, 0) is 4.74 Å². The lowest BCUT2D eigenvalue weighted by molar-refractivity contribution is -0.0623. The zero-order valence-electron chi connectivity index (χ0n) is 28.4. The van der Waals surface area contributed by atoms with Gasteiger partial charge in [0.1, 0.15) is 0 Å². The number of hydrogen-bond donors (Lipinski definition) is 1. The SMILES string of the molecule is CCOC(C)Oc1ccc([C@@H](CC(C)(C)C(C)(C)[C@@H](CC(C)(C)C)c2ccc(O)c(OC)c2)C(C)(C)C)cc1OC. The summed E-state index contributed by atoms with van der Waals surface area (Å²) in [5.41, 5.74) is 2.43. The van der Waals surface area contributed by atoms with Gasteiger partial charge in [0.05, 0.1) is 14.2 Å². The Labute approximate surface area is 250 Å². The van der Waals surface area contributed by atoms with Crippen molar-refractivity contribution in [3.05, 3.63) is 47.5 Å². The lowest BCUT2D eigenvalue weighted by Crippen LogP contribution is -2.41. The first-order valence-corrected chi connectivity index (χ1v) is 15.1. The summed E-state index contributed by atoms with van der Waals surface area (Å²) >= 11 is 0. The largest absolute Gasteiger partial charge is 0.504 e. The molecule has 0 bridgehead atoms. The van der Waals surface area contributed by atoms with Gasteiger partial charge >= 0.3 is 0 Å². The number of hydrogen-bond acceptors (Lipinski definition) is 5. The summed E-state index contributed by atoms with van der Waals surface area (Å²) in [4.78, 5) is 0. The first-order valence-electron chi connectivity index (χ1n) is 15.1. The van der Waals surface area contributed by atoms with Crippen molar-refractivity contribution in [1.29, 1.82) is 0 Å². The van der Waals surface area contributed by atoms with E-state index in [0.29, 0.717) is 18.1 Å². The van der Waals surface area contributed by atoms with Crippen LogP contribution < -0.4 is 14.2 Å². The molecular formula is C36H58O5. The van der Waals surface area contributed by atoms with Crippen LogP contribution >= 0.6 is 0 Å². The van der Waals surface area contributed by atoms with Gasteiger partial charge in [-0.2, -0.15) is 0 Å². The topological polar surface area (TPSA) is 57.2 Å². The average Bonchev–Trinajstić information content (AvgIpc) is 2.85. The molecule has 0 aromatic heterocycles. The lowest BCUT2D eigenvalue weighted by Gasteiger charge is -2.51. The third kappa shape index (κ3) is 8.80. The molecule has 0 aliphatic heterocycles. The maximum Gasteiger partial charge on any atom is 0.197 e. The van der Waals surface area contributed by atoms with E-state index in [1.807, 2.05) is 26.0 Å². The van der Waals surface area contributed by atoms with Crippen LogP contribution in [0.2, 0.25) is 0 Å². The maximum absolute atomic E-state index is 10.3. The predicted molar refractivity (Wildman–Crippen MR) is 171 cm³/mol. The minimum absolute atomic E-state index is 0.0145. The van der Waals surface area contributed by atoms with Gasteiger partial charge in [-0.25, -0.2) is 0 Å². The fourth-order valence-corrected chi connectivity index (χ4v) is 5.93. The number of aromatic hydroxyl groups is 1. The van der Waals surface area contributed by atoms with Crippen LogP contribution in [0.5, 0.6) is 23.0 Å². The van der Waals surface area contributed by atoms with E-state index in [9.17, 15) is 5.11 Å². The van der Waals surface area contributed by atoms with Gasteiger partial charge in [-0.1, -0.05) is 81.4 Å². The molecule has 0 fully saturated rings. The molecule has 0 aliphatic carbocycles. The quantitative estimate of drug-likeness (QED) is 0.243. The van der Waals surface area contributed by atoms with Gasteiger partial charge in [-0.05, 0) is 95.6 Å². The van der Waals surface area contributed by atoms with Crippen LogP contribution in [0.4, 0.5) is 0 Å². The van der Waals surface area contributed by atoms with Gasteiger partial charge in [0, 0.05) is 6.61 Å². The van der Waals surface area contributed by atoms with Crippen molar-refractivity contribution >= 4 is 0 Å². The number of benzene rings is 2. The van der Waals surface area contributed by atoms with Gasteiger partial charge < -0.3 is 24.1 Å². The highest BCUT2D eigenvalue weighted by Gasteiger charge is 2.47. The monoisotopic (exact) mass is 570 g/mol. The van der Waals surface area contributed by atoms with Crippen LogP contribution in [0.1, 0.15) is 119 Å². The molecule has 2 aromatic rings. The highest BCUT2D eigenvalue weighted by atomic mass is 16.7. The van der Waals surface area contributed by atoms with E-state index in [1.165, 1.54) is 11.1 Å². The minimum Gasteiger partial charge on any atom is -0.504 e. The second-order valence-electron chi connectivity index (χ2n) is 15.0. The van der Waals surface area contributed by atoms with E-state index >= 15 is 0 Å². The number of methoxy groups -OCH3 is 2. The number of rotatable bonds is 13. The highest BCUT2D eigenvalue weighted by molar-refractivity contribution is 5.45. The van der Waals surface area contributed by atoms with E-state index in [0.717, 1.165) is 18.6 Å². The predicted octanol–water partition coefficient (Wildman–Crippen LogP) is 9.96. The van der Waals surface area contributed by atoms with Gasteiger partial charge in [0.2, 0.25) is 0 Å². The molecule has 0 amide bonds. The Kier molecular flexibility index (Phi) is 11.3. The molecule has 0 saturated heterocycles. The van der Waals surface area contributed by atoms with Crippen LogP contribution in [0.15, 0.2) is 36.4 Å². The van der Waals surface area contributed by atoms with Crippen molar-refractivity contribution < 1.29 is 24.1 Å². The Bertz CT molecular complexity index is 1120. The molecule has 1 N–H and O–H groups in total. The number of phenolic OH excluding ortho intramolecular Hbond substituents is 1. The lowest BCUT2D eigenvalue weighted by atomic mass is 9.53.